The van der Waals surface area contributed by atoms with Gasteiger partial charge in [-0.15, -0.1) is 11.6 Å². The average molecular weight is 246 g/mol. The van der Waals surface area contributed by atoms with Gasteiger partial charge in [-0.3, -0.25) is 4.79 Å². The van der Waals surface area contributed by atoms with Crippen LogP contribution in [0.3, 0.4) is 0 Å². The van der Waals surface area contributed by atoms with E-state index in [1.165, 1.54) is 12.1 Å². The van der Waals surface area contributed by atoms with Crippen molar-refractivity contribution in [3.8, 4) is 5.75 Å². The van der Waals surface area contributed by atoms with Gasteiger partial charge in [0.2, 0.25) is 0 Å². The molecule has 0 fully saturated rings. The van der Waals surface area contributed by atoms with E-state index in [-0.39, 0.29) is 16.7 Å². The van der Waals surface area contributed by atoms with Gasteiger partial charge in [0.15, 0.2) is 0 Å². The fourth-order valence-corrected chi connectivity index (χ4v) is 1.32. The minimum Gasteiger partial charge on any atom is -0.507 e. The van der Waals surface area contributed by atoms with Crippen LogP contribution >= 0.6 is 11.6 Å². The fraction of sp³-hybridized carbons (Fsp3) is 0.364. The third-order valence-electron chi connectivity index (χ3n) is 2.05. The van der Waals surface area contributed by atoms with Crippen LogP contribution in [-0.4, -0.2) is 22.9 Å². The highest BCUT2D eigenvalue weighted by Crippen LogP contribution is 2.19. The summed E-state index contributed by atoms with van der Waals surface area (Å²) in [5.41, 5.74) is -0.329. The number of aromatic hydroxyl groups is 1. The summed E-state index contributed by atoms with van der Waals surface area (Å²) >= 11 is 5.70. The third kappa shape index (κ3) is 3.38. The molecule has 88 valence electrons. The molecule has 1 rings (SSSR count). The quantitative estimate of drug-likeness (QED) is 0.800. The molecule has 0 aliphatic carbocycles. The first kappa shape index (κ1) is 12.8. The molecule has 3 nitrogen and oxygen atoms in total. The molecule has 0 aliphatic heterocycles. The Morgan fingerprint density at radius 3 is 2.88 bits per heavy atom. The van der Waals surface area contributed by atoms with Crippen LogP contribution in [0.4, 0.5) is 4.39 Å². The Hall–Kier alpha value is -1.29. The Kier molecular flexibility index (Phi) is 4.55. The number of nitrogens with one attached hydrogen (secondary N) is 1. The summed E-state index contributed by atoms with van der Waals surface area (Å²) in [5.74, 6) is -1.74. The molecule has 0 radical (unpaired) electrons. The number of rotatable bonds is 4. The lowest BCUT2D eigenvalue weighted by molar-refractivity contribution is 0.0946. The monoisotopic (exact) mass is 245 g/mol. The number of phenols is 1. The predicted octanol–water partition coefficient (Wildman–Crippen LogP) is 2.28. The highest BCUT2D eigenvalue weighted by atomic mass is 35.5. The number of amides is 1. The normalized spacial score (nSPS) is 12.2. The minimum atomic E-state index is -0.739. The maximum atomic E-state index is 13.2. The summed E-state index contributed by atoms with van der Waals surface area (Å²) < 4.78 is 13.2. The lowest BCUT2D eigenvalue weighted by atomic mass is 10.1. The fourth-order valence-electron chi connectivity index (χ4n) is 1.21. The zero-order chi connectivity index (χ0) is 12.1. The van der Waals surface area contributed by atoms with Crippen LogP contribution in [0.5, 0.6) is 5.75 Å². The molecule has 0 aliphatic rings. The van der Waals surface area contributed by atoms with Crippen molar-refractivity contribution in [2.24, 2.45) is 0 Å². The van der Waals surface area contributed by atoms with Crippen molar-refractivity contribution < 1.29 is 14.3 Å². The standard InChI is InChI=1S/C11H13ClFNO2/c1-7(12)5-6-14-11(16)10-8(13)3-2-4-9(10)15/h2-4,7,15H,5-6H2,1H3,(H,14,16). The number of halogens is 2. The van der Waals surface area contributed by atoms with E-state index < -0.39 is 11.7 Å². The predicted molar refractivity (Wildman–Crippen MR) is 60.3 cm³/mol. The summed E-state index contributed by atoms with van der Waals surface area (Å²) in [6, 6.07) is 3.73. The first-order valence-corrected chi connectivity index (χ1v) is 5.35. The summed E-state index contributed by atoms with van der Waals surface area (Å²) in [4.78, 5) is 11.5. The highest BCUT2D eigenvalue weighted by molar-refractivity contribution is 6.20. The van der Waals surface area contributed by atoms with Crippen LogP contribution < -0.4 is 5.32 Å². The SMILES string of the molecule is CC(Cl)CCNC(=O)c1c(O)cccc1F. The largest absolute Gasteiger partial charge is 0.507 e. The van der Waals surface area contributed by atoms with Crippen molar-refractivity contribution >= 4 is 17.5 Å². The van der Waals surface area contributed by atoms with E-state index in [1.807, 2.05) is 0 Å². The molecule has 0 saturated heterocycles. The van der Waals surface area contributed by atoms with Crippen LogP contribution in [0, 0.1) is 5.82 Å². The molecule has 0 heterocycles. The van der Waals surface area contributed by atoms with Crippen molar-refractivity contribution in [1.82, 2.24) is 5.32 Å². The number of benzene rings is 1. The number of phenolic OH excluding ortho intramolecular Hbond substituents is 1. The van der Waals surface area contributed by atoms with E-state index in [2.05, 4.69) is 5.32 Å². The van der Waals surface area contributed by atoms with Gasteiger partial charge in [-0.2, -0.15) is 0 Å². The molecule has 2 N–H and O–H groups in total. The minimum absolute atomic E-state index is 0.0606. The molecule has 1 unspecified atom stereocenters. The van der Waals surface area contributed by atoms with E-state index in [0.29, 0.717) is 13.0 Å². The molecule has 1 aromatic rings. The number of carbonyl (C=O) groups is 1. The average Bonchev–Trinajstić information content (AvgIpc) is 2.16. The summed E-state index contributed by atoms with van der Waals surface area (Å²) in [6.45, 7) is 2.14. The van der Waals surface area contributed by atoms with E-state index in [0.717, 1.165) is 6.07 Å². The second-order valence-electron chi connectivity index (χ2n) is 3.46. The summed E-state index contributed by atoms with van der Waals surface area (Å²) in [5, 5.41) is 11.8. The zero-order valence-electron chi connectivity index (χ0n) is 8.84. The van der Waals surface area contributed by atoms with Crippen molar-refractivity contribution in [3.63, 3.8) is 0 Å². The molecule has 0 spiro atoms. The Bertz CT molecular complexity index is 362. The zero-order valence-corrected chi connectivity index (χ0v) is 9.59. The van der Waals surface area contributed by atoms with Crippen LogP contribution in [0.2, 0.25) is 0 Å². The van der Waals surface area contributed by atoms with E-state index in [4.69, 9.17) is 11.6 Å². The molecular weight excluding hydrogens is 233 g/mol. The van der Waals surface area contributed by atoms with Crippen molar-refractivity contribution in [2.45, 2.75) is 18.7 Å². The van der Waals surface area contributed by atoms with Gasteiger partial charge in [-0.05, 0) is 25.5 Å². The van der Waals surface area contributed by atoms with Crippen LogP contribution in [-0.2, 0) is 0 Å². The molecule has 16 heavy (non-hydrogen) atoms. The number of hydrogen-bond donors (Lipinski definition) is 2. The second kappa shape index (κ2) is 5.70. The molecule has 5 heteroatoms. The van der Waals surface area contributed by atoms with Gasteiger partial charge in [0, 0.05) is 11.9 Å². The van der Waals surface area contributed by atoms with Gasteiger partial charge >= 0.3 is 0 Å². The lowest BCUT2D eigenvalue weighted by Gasteiger charge is -2.08. The Morgan fingerprint density at radius 2 is 2.31 bits per heavy atom. The van der Waals surface area contributed by atoms with E-state index >= 15 is 0 Å². The molecular formula is C11H13ClFNO2. The maximum Gasteiger partial charge on any atom is 0.258 e. The molecule has 1 aromatic carbocycles. The Labute approximate surface area is 98.2 Å². The van der Waals surface area contributed by atoms with E-state index in [9.17, 15) is 14.3 Å². The van der Waals surface area contributed by atoms with Crippen molar-refractivity contribution in [2.75, 3.05) is 6.54 Å². The maximum absolute atomic E-state index is 13.2. The summed E-state index contributed by atoms with van der Waals surface area (Å²) in [6.07, 6.45) is 0.586. The molecule has 1 atom stereocenters. The highest BCUT2D eigenvalue weighted by Gasteiger charge is 2.15. The topological polar surface area (TPSA) is 49.3 Å². The lowest BCUT2D eigenvalue weighted by Crippen LogP contribution is -2.26. The van der Waals surface area contributed by atoms with E-state index in [1.54, 1.807) is 6.92 Å². The molecule has 0 bridgehead atoms. The third-order valence-corrected chi connectivity index (χ3v) is 2.26. The van der Waals surface area contributed by atoms with Gasteiger partial charge in [-0.25, -0.2) is 4.39 Å². The van der Waals surface area contributed by atoms with Crippen molar-refractivity contribution in [3.05, 3.63) is 29.6 Å². The van der Waals surface area contributed by atoms with Gasteiger partial charge in [0.1, 0.15) is 17.1 Å². The van der Waals surface area contributed by atoms with Gasteiger partial charge in [0.05, 0.1) is 0 Å². The van der Waals surface area contributed by atoms with Crippen LogP contribution in [0.15, 0.2) is 18.2 Å². The van der Waals surface area contributed by atoms with Gasteiger partial charge in [-0.1, -0.05) is 6.07 Å². The Morgan fingerprint density at radius 1 is 1.62 bits per heavy atom. The van der Waals surface area contributed by atoms with Gasteiger partial charge < -0.3 is 10.4 Å². The second-order valence-corrected chi connectivity index (χ2v) is 4.20. The Balaban J connectivity index is 2.66. The van der Waals surface area contributed by atoms with Crippen molar-refractivity contribution in [1.29, 1.82) is 0 Å². The summed E-state index contributed by atoms with van der Waals surface area (Å²) in [7, 11) is 0. The van der Waals surface area contributed by atoms with Gasteiger partial charge in [0.25, 0.3) is 5.91 Å². The number of hydrogen-bond acceptors (Lipinski definition) is 2. The number of carbonyl (C=O) groups excluding carboxylic acids is 1. The van der Waals surface area contributed by atoms with Crippen LogP contribution in [0.25, 0.3) is 0 Å². The molecule has 0 aromatic heterocycles. The van der Waals surface area contributed by atoms with Crippen LogP contribution in [0.1, 0.15) is 23.7 Å². The number of alkyl halides is 1. The first-order valence-electron chi connectivity index (χ1n) is 4.92. The molecule has 0 saturated carbocycles. The smallest absolute Gasteiger partial charge is 0.258 e. The first-order chi connectivity index (χ1) is 7.52. The molecule has 1 amide bonds.